The molecule has 3 amide bonds. The molecule has 2 aromatic rings. The van der Waals surface area contributed by atoms with Crippen molar-refractivity contribution in [2.45, 2.75) is 79.9 Å². The van der Waals surface area contributed by atoms with Crippen LogP contribution in [0.1, 0.15) is 56.4 Å². The highest BCUT2D eigenvalue weighted by Crippen LogP contribution is 2.61. The van der Waals surface area contributed by atoms with Gasteiger partial charge in [-0.1, -0.05) is 88.7 Å². The largest absolute Gasteiger partial charge is 0.455 e. The molecule has 2 N–H and O–H groups in total. The van der Waals surface area contributed by atoms with Crippen LogP contribution in [0.5, 0.6) is 0 Å². The van der Waals surface area contributed by atoms with E-state index in [1.807, 2.05) is 26.0 Å². The van der Waals surface area contributed by atoms with Crippen molar-refractivity contribution in [2.75, 3.05) is 26.9 Å². The van der Waals surface area contributed by atoms with Crippen LogP contribution >= 0.6 is 15.9 Å². The normalized spacial score (nSPS) is 26.7. The van der Waals surface area contributed by atoms with Gasteiger partial charge in [-0.05, 0) is 37.8 Å². The number of allylic oxidation sites excluding steroid dienone is 1. The summed E-state index contributed by atoms with van der Waals surface area (Å²) in [7, 11) is 1.50. The van der Waals surface area contributed by atoms with E-state index in [1.165, 1.54) is 12.0 Å². The van der Waals surface area contributed by atoms with Gasteiger partial charge in [0, 0.05) is 30.9 Å². The number of ether oxygens (including phenoxy) is 3. The van der Waals surface area contributed by atoms with E-state index in [2.05, 4.69) is 34.4 Å². The van der Waals surface area contributed by atoms with Gasteiger partial charge in [0.05, 0.1) is 43.2 Å². The first-order valence-corrected chi connectivity index (χ1v) is 18.3. The Kier molecular flexibility index (Phi) is 12.5. The fraction of sp³-hybridized carbons (Fsp3) is 0.487. The average molecular weight is 767 g/mol. The third-order valence-electron chi connectivity index (χ3n) is 10.2. The van der Waals surface area contributed by atoms with Crippen molar-refractivity contribution in [3.8, 4) is 0 Å². The lowest BCUT2D eigenvalue weighted by Gasteiger charge is -2.40. The fourth-order valence-corrected chi connectivity index (χ4v) is 8.90. The molecule has 51 heavy (non-hydrogen) atoms. The van der Waals surface area contributed by atoms with Crippen molar-refractivity contribution < 1.29 is 38.5 Å². The number of carbonyl (C=O) groups is 4. The zero-order valence-electron chi connectivity index (χ0n) is 29.4. The summed E-state index contributed by atoms with van der Waals surface area (Å²) in [5, 5.41) is 13.8. The molecule has 12 heteroatoms. The minimum absolute atomic E-state index is 0.0403. The molecule has 0 radical (unpaired) electrons. The molecule has 0 aliphatic carbocycles. The molecular weight excluding hydrogens is 718 g/mol. The molecule has 274 valence electrons. The van der Waals surface area contributed by atoms with E-state index in [1.54, 1.807) is 65.6 Å². The van der Waals surface area contributed by atoms with Crippen LogP contribution in [0.4, 0.5) is 0 Å². The lowest BCUT2D eigenvalue weighted by molar-refractivity contribution is -0.163. The number of hydrogen-bond acceptors (Lipinski definition) is 8. The summed E-state index contributed by atoms with van der Waals surface area (Å²) in [6, 6.07) is 15.1. The summed E-state index contributed by atoms with van der Waals surface area (Å²) in [6.45, 7) is 11.1. The molecule has 3 aliphatic rings. The summed E-state index contributed by atoms with van der Waals surface area (Å²) in [6.07, 6.45) is 2.48. The molecule has 1 spiro atoms. The first-order valence-electron chi connectivity index (χ1n) is 17.4. The van der Waals surface area contributed by atoms with E-state index in [9.17, 15) is 24.3 Å². The van der Waals surface area contributed by atoms with E-state index in [0.717, 1.165) is 0 Å². The number of likely N-dealkylation sites (tertiary alicyclic amines) is 1. The Hall–Kier alpha value is -3.84. The Morgan fingerprint density at radius 1 is 1.10 bits per heavy atom. The summed E-state index contributed by atoms with van der Waals surface area (Å²) >= 11 is 3.73. The molecular formula is C39H48BrN3O8. The molecule has 3 aliphatic heterocycles. The van der Waals surface area contributed by atoms with Crippen LogP contribution in [0.3, 0.4) is 0 Å². The van der Waals surface area contributed by atoms with Gasteiger partial charge in [0.25, 0.3) is 0 Å². The third-order valence-corrected chi connectivity index (χ3v) is 11.0. The predicted molar refractivity (Wildman–Crippen MR) is 194 cm³/mol. The zero-order valence-corrected chi connectivity index (χ0v) is 30.9. The summed E-state index contributed by atoms with van der Waals surface area (Å²) in [5.74, 6) is -3.94. The highest BCUT2D eigenvalue weighted by molar-refractivity contribution is 9.09. The van der Waals surface area contributed by atoms with Gasteiger partial charge >= 0.3 is 5.97 Å². The Morgan fingerprint density at radius 3 is 2.31 bits per heavy atom. The first kappa shape index (κ1) is 38.4. The second kappa shape index (κ2) is 16.7. The molecule has 2 bridgehead atoms. The Labute approximate surface area is 308 Å². The predicted octanol–water partition coefficient (Wildman–Crippen LogP) is 4.27. The minimum Gasteiger partial charge on any atom is -0.455 e. The van der Waals surface area contributed by atoms with Gasteiger partial charge in [-0.25, -0.2) is 0 Å². The topological polar surface area (TPSA) is 135 Å². The number of aliphatic hydroxyl groups is 1. The maximum absolute atomic E-state index is 14.9. The van der Waals surface area contributed by atoms with Crippen LogP contribution in [0.2, 0.25) is 0 Å². The van der Waals surface area contributed by atoms with Crippen LogP contribution in [0.25, 0.3) is 0 Å². The number of fused-ring (bicyclic) bond motifs is 1. The SMILES string of the molecule is C=CCCC(=O)N[C@@H](COC)[C@@H](OC(=O)[C@H]1[C@@H]2O[C@@]3(CC2Br)[C@@H]1C(=O)N([C@H](CO)c1ccccc1)[C@@H]3C(=O)N(CC=C)C(C)C)c1ccccc1. The average Bonchev–Trinajstić information content (AvgIpc) is 3.72. The van der Waals surface area contributed by atoms with Crippen LogP contribution in [-0.2, 0) is 33.4 Å². The minimum atomic E-state index is -1.39. The summed E-state index contributed by atoms with van der Waals surface area (Å²) in [5.41, 5.74) is -0.120. The molecule has 3 saturated heterocycles. The number of benzene rings is 2. The number of methoxy groups -OCH3 is 1. The maximum atomic E-state index is 14.9. The van der Waals surface area contributed by atoms with Crippen molar-refractivity contribution in [1.82, 2.24) is 15.1 Å². The number of rotatable bonds is 17. The summed E-state index contributed by atoms with van der Waals surface area (Å²) in [4.78, 5) is 59.9. The molecule has 9 atom stereocenters. The number of halogens is 1. The van der Waals surface area contributed by atoms with Gasteiger partial charge in [-0.3, -0.25) is 19.2 Å². The quantitative estimate of drug-likeness (QED) is 0.139. The van der Waals surface area contributed by atoms with Crippen LogP contribution < -0.4 is 5.32 Å². The van der Waals surface area contributed by atoms with Gasteiger partial charge < -0.3 is 34.4 Å². The Balaban J connectivity index is 1.57. The Morgan fingerprint density at radius 2 is 1.75 bits per heavy atom. The van der Waals surface area contributed by atoms with Crippen LogP contribution in [0.15, 0.2) is 86.0 Å². The molecule has 0 aromatic heterocycles. The van der Waals surface area contributed by atoms with Gasteiger partial charge in [0.1, 0.15) is 17.7 Å². The van der Waals surface area contributed by atoms with Gasteiger partial charge in [-0.15, -0.1) is 13.2 Å². The lowest BCUT2D eigenvalue weighted by Crippen LogP contribution is -2.58. The van der Waals surface area contributed by atoms with Crippen molar-refractivity contribution in [3.63, 3.8) is 0 Å². The van der Waals surface area contributed by atoms with E-state index in [4.69, 9.17) is 14.2 Å². The Bertz CT molecular complexity index is 1570. The van der Waals surface area contributed by atoms with Crippen molar-refractivity contribution >= 4 is 39.6 Å². The second-order valence-electron chi connectivity index (χ2n) is 13.6. The van der Waals surface area contributed by atoms with Gasteiger partial charge in [0.2, 0.25) is 17.7 Å². The second-order valence-corrected chi connectivity index (χ2v) is 14.8. The van der Waals surface area contributed by atoms with Gasteiger partial charge in [-0.2, -0.15) is 0 Å². The number of nitrogens with one attached hydrogen (secondary N) is 1. The van der Waals surface area contributed by atoms with Crippen molar-refractivity contribution in [1.29, 1.82) is 0 Å². The van der Waals surface area contributed by atoms with Crippen LogP contribution in [-0.4, -0.2) is 100 Å². The third kappa shape index (κ3) is 7.42. The molecule has 11 nitrogen and oxygen atoms in total. The van der Waals surface area contributed by atoms with E-state index in [-0.39, 0.29) is 48.7 Å². The molecule has 1 unspecified atom stereocenters. The molecule has 3 heterocycles. The standard InChI is InChI=1S/C39H48BrN3O8/c1-6-8-19-30(45)41-28(23-49-5)33(26-17-13-10-14-18-26)50-38(48)31-32-36(46)43(29(22-44)25-15-11-9-12-16-25)35(37(47)42(20-7-2)24(3)4)39(32)21-27(40)34(31)51-39/h6-7,9-18,24,27-29,31-35,44H,1-2,8,19-23H2,3-5H3,(H,41,45)/t27?,28-,29+,31+,32-,33-,34+,35+,39-/m0/s1. The number of aliphatic hydroxyl groups excluding tert-OH is 1. The molecule has 5 rings (SSSR count). The van der Waals surface area contributed by atoms with E-state index >= 15 is 0 Å². The van der Waals surface area contributed by atoms with E-state index in [0.29, 0.717) is 17.5 Å². The highest BCUT2D eigenvalue weighted by atomic mass is 79.9. The molecule has 0 saturated carbocycles. The van der Waals surface area contributed by atoms with Gasteiger partial charge in [0.15, 0.2) is 0 Å². The fourth-order valence-electron chi connectivity index (χ4n) is 7.96. The van der Waals surface area contributed by atoms with Crippen molar-refractivity contribution in [2.24, 2.45) is 11.8 Å². The number of hydrogen-bond donors (Lipinski definition) is 2. The van der Waals surface area contributed by atoms with Crippen molar-refractivity contribution in [3.05, 3.63) is 97.1 Å². The molecule has 3 fully saturated rings. The monoisotopic (exact) mass is 765 g/mol. The number of nitrogens with zero attached hydrogens (tertiary/aromatic N) is 2. The number of esters is 1. The summed E-state index contributed by atoms with van der Waals surface area (Å²) < 4.78 is 18.6. The lowest BCUT2D eigenvalue weighted by atomic mass is 9.70. The number of amides is 3. The number of alkyl halides is 1. The maximum Gasteiger partial charge on any atom is 0.313 e. The highest BCUT2D eigenvalue weighted by Gasteiger charge is 2.77. The smallest absolute Gasteiger partial charge is 0.313 e. The first-order chi connectivity index (χ1) is 24.5. The van der Waals surface area contributed by atoms with Crippen LogP contribution in [0, 0.1) is 11.8 Å². The zero-order chi connectivity index (χ0) is 36.9. The molecule has 2 aromatic carbocycles. The number of carbonyl (C=O) groups excluding carboxylic acids is 4. The van der Waals surface area contributed by atoms with E-state index < -0.39 is 66.3 Å².